The molecule has 0 aliphatic rings. The molecule has 2 nitrogen and oxygen atoms in total. The minimum absolute atomic E-state index is 0.953. The van der Waals surface area contributed by atoms with E-state index in [9.17, 15) is 0 Å². The average Bonchev–Trinajstić information content (AvgIpc) is 3.19. The van der Waals surface area contributed by atoms with Crippen molar-refractivity contribution < 1.29 is 0 Å². The van der Waals surface area contributed by atoms with Crippen molar-refractivity contribution in [2.75, 3.05) is 0 Å². The van der Waals surface area contributed by atoms with E-state index in [0.717, 1.165) is 32.6 Å². The summed E-state index contributed by atoms with van der Waals surface area (Å²) in [6, 6.07) is 35.9. The van der Waals surface area contributed by atoms with E-state index in [2.05, 4.69) is 111 Å². The Hall–Kier alpha value is -3.43. The third-order valence-corrected chi connectivity index (χ3v) is 6.51. The van der Waals surface area contributed by atoms with Crippen LogP contribution in [0.5, 0.6) is 0 Å². The Kier molecular flexibility index (Phi) is 3.96. The van der Waals surface area contributed by atoms with Crippen LogP contribution in [0.1, 0.15) is 0 Å². The lowest BCUT2D eigenvalue weighted by molar-refractivity contribution is 1.13. The van der Waals surface area contributed by atoms with Gasteiger partial charge >= 0.3 is 0 Å². The van der Waals surface area contributed by atoms with Crippen molar-refractivity contribution in [1.29, 1.82) is 0 Å². The minimum Gasteiger partial charge on any atom is -0.291 e. The van der Waals surface area contributed by atoms with Gasteiger partial charge in [0.25, 0.3) is 0 Å². The highest BCUT2D eigenvalue weighted by Crippen LogP contribution is 2.41. The lowest BCUT2D eigenvalue weighted by atomic mass is 10.00. The van der Waals surface area contributed by atoms with Crippen LogP contribution in [0.25, 0.3) is 49.7 Å². The van der Waals surface area contributed by atoms with Gasteiger partial charge in [0.2, 0.25) is 0 Å². The molecule has 5 aromatic carbocycles. The van der Waals surface area contributed by atoms with Crippen LogP contribution in [0.3, 0.4) is 0 Å². The molecule has 0 aliphatic carbocycles. The molecule has 0 atom stereocenters. The predicted octanol–water partition coefficient (Wildman–Crippen LogP) is 7.76. The molecule has 0 saturated carbocycles. The van der Waals surface area contributed by atoms with Crippen LogP contribution in [-0.2, 0) is 0 Å². The topological polar surface area (TPSA) is 17.8 Å². The van der Waals surface area contributed by atoms with E-state index in [0.29, 0.717) is 0 Å². The Bertz CT molecular complexity index is 1490. The van der Waals surface area contributed by atoms with E-state index in [4.69, 9.17) is 4.98 Å². The van der Waals surface area contributed by atoms with Crippen LogP contribution in [0.15, 0.2) is 108 Å². The molecule has 1 heterocycles. The summed E-state index contributed by atoms with van der Waals surface area (Å²) in [4.78, 5) is 5.05. The molecule has 0 fully saturated rings. The molecule has 0 unspecified atom stereocenters. The standard InChI is InChI=1S/C27H17BrN2/c28-25-19-12-4-6-14-21(19)26(22-15-7-5-13-20(22)25)30-24-17-9-8-16-23(24)29-27(30)18-10-2-1-3-11-18/h1-17H. The van der Waals surface area contributed by atoms with E-state index in [1.165, 1.54) is 21.5 Å². The molecule has 0 radical (unpaired) electrons. The summed E-state index contributed by atoms with van der Waals surface area (Å²) in [5, 5.41) is 4.79. The molecule has 0 aliphatic heterocycles. The fraction of sp³-hybridized carbons (Fsp3) is 0. The molecule has 30 heavy (non-hydrogen) atoms. The Morgan fingerprint density at radius 2 is 1.10 bits per heavy atom. The van der Waals surface area contributed by atoms with Gasteiger partial charge in [0.15, 0.2) is 0 Å². The van der Waals surface area contributed by atoms with E-state index in [1.807, 2.05) is 12.1 Å². The monoisotopic (exact) mass is 448 g/mol. The molecular weight excluding hydrogens is 432 g/mol. The van der Waals surface area contributed by atoms with Crippen molar-refractivity contribution in [3.8, 4) is 17.1 Å². The molecule has 0 amide bonds. The Balaban J connectivity index is 1.87. The van der Waals surface area contributed by atoms with Gasteiger partial charge in [-0.3, -0.25) is 4.57 Å². The second-order valence-corrected chi connectivity index (χ2v) is 8.17. The van der Waals surface area contributed by atoms with Crippen molar-refractivity contribution in [2.45, 2.75) is 0 Å². The van der Waals surface area contributed by atoms with Crippen LogP contribution in [0.4, 0.5) is 0 Å². The first kappa shape index (κ1) is 17.4. The molecule has 0 spiro atoms. The largest absolute Gasteiger partial charge is 0.291 e. The Morgan fingerprint density at radius 1 is 0.567 bits per heavy atom. The molecule has 1 aromatic heterocycles. The summed E-state index contributed by atoms with van der Waals surface area (Å²) in [5.41, 5.74) is 4.36. The number of hydrogen-bond acceptors (Lipinski definition) is 1. The summed E-state index contributed by atoms with van der Waals surface area (Å²) >= 11 is 3.87. The van der Waals surface area contributed by atoms with E-state index in [1.54, 1.807) is 0 Å². The zero-order chi connectivity index (χ0) is 20.1. The highest BCUT2D eigenvalue weighted by molar-refractivity contribution is 9.10. The van der Waals surface area contributed by atoms with Crippen molar-refractivity contribution in [3.05, 3.63) is 108 Å². The third-order valence-electron chi connectivity index (χ3n) is 5.65. The van der Waals surface area contributed by atoms with Crippen molar-refractivity contribution >= 4 is 48.5 Å². The van der Waals surface area contributed by atoms with E-state index in [-0.39, 0.29) is 0 Å². The maximum Gasteiger partial charge on any atom is 0.145 e. The second kappa shape index (κ2) is 6.82. The third kappa shape index (κ3) is 2.52. The Morgan fingerprint density at radius 3 is 1.77 bits per heavy atom. The molecule has 142 valence electrons. The van der Waals surface area contributed by atoms with Gasteiger partial charge in [0.05, 0.1) is 16.7 Å². The number of rotatable bonds is 2. The van der Waals surface area contributed by atoms with Gasteiger partial charge in [-0.1, -0.05) is 91.0 Å². The summed E-state index contributed by atoms with van der Waals surface area (Å²) in [6.07, 6.45) is 0. The van der Waals surface area contributed by atoms with Crippen molar-refractivity contribution in [3.63, 3.8) is 0 Å². The maximum atomic E-state index is 5.05. The molecule has 6 rings (SSSR count). The summed E-state index contributed by atoms with van der Waals surface area (Å²) in [6.45, 7) is 0. The normalized spacial score (nSPS) is 11.5. The highest BCUT2D eigenvalue weighted by Gasteiger charge is 2.19. The number of hydrogen-bond donors (Lipinski definition) is 0. The minimum atomic E-state index is 0.953. The van der Waals surface area contributed by atoms with Crippen LogP contribution >= 0.6 is 15.9 Å². The van der Waals surface area contributed by atoms with Crippen molar-refractivity contribution in [1.82, 2.24) is 9.55 Å². The molecule has 0 bridgehead atoms. The zero-order valence-corrected chi connectivity index (χ0v) is 17.7. The van der Waals surface area contributed by atoms with Gasteiger partial charge in [-0.25, -0.2) is 4.98 Å². The fourth-order valence-electron chi connectivity index (χ4n) is 4.33. The molecule has 0 N–H and O–H groups in total. The number of halogens is 1. The van der Waals surface area contributed by atoms with E-state index < -0.39 is 0 Å². The molecule has 6 aromatic rings. The number of para-hydroxylation sites is 2. The van der Waals surface area contributed by atoms with E-state index >= 15 is 0 Å². The van der Waals surface area contributed by atoms with Gasteiger partial charge in [0.1, 0.15) is 5.82 Å². The Labute approximate surface area is 182 Å². The molecular formula is C27H17BrN2. The quantitative estimate of drug-likeness (QED) is 0.247. The van der Waals surface area contributed by atoms with Gasteiger partial charge in [0, 0.05) is 20.8 Å². The van der Waals surface area contributed by atoms with Crippen LogP contribution < -0.4 is 0 Å². The number of imidazole rings is 1. The lowest BCUT2D eigenvalue weighted by Crippen LogP contribution is -2.00. The van der Waals surface area contributed by atoms with Crippen molar-refractivity contribution in [2.24, 2.45) is 0 Å². The highest BCUT2D eigenvalue weighted by atomic mass is 79.9. The number of aromatic nitrogens is 2. The average molecular weight is 449 g/mol. The van der Waals surface area contributed by atoms with Gasteiger partial charge in [-0.2, -0.15) is 0 Å². The SMILES string of the molecule is Brc1c2ccccc2c(-n2c(-c3ccccc3)nc3ccccc32)c2ccccc12. The maximum absolute atomic E-state index is 5.05. The first-order valence-corrected chi connectivity index (χ1v) is 10.7. The lowest BCUT2D eigenvalue weighted by Gasteiger charge is -2.17. The molecule has 0 saturated heterocycles. The van der Waals surface area contributed by atoms with Crippen LogP contribution in [-0.4, -0.2) is 9.55 Å². The van der Waals surface area contributed by atoms with Gasteiger partial charge in [-0.15, -0.1) is 0 Å². The predicted molar refractivity (Wildman–Crippen MR) is 129 cm³/mol. The number of benzene rings is 5. The number of nitrogens with zero attached hydrogens (tertiary/aromatic N) is 2. The van der Waals surface area contributed by atoms with Gasteiger partial charge in [-0.05, 0) is 38.8 Å². The fourth-order valence-corrected chi connectivity index (χ4v) is 5.02. The summed E-state index contributed by atoms with van der Waals surface area (Å²) < 4.78 is 3.45. The smallest absolute Gasteiger partial charge is 0.145 e. The van der Waals surface area contributed by atoms with Gasteiger partial charge < -0.3 is 0 Å². The first-order valence-electron chi connectivity index (χ1n) is 9.95. The first-order chi connectivity index (χ1) is 14.8. The second-order valence-electron chi connectivity index (χ2n) is 7.38. The number of fused-ring (bicyclic) bond motifs is 3. The molecule has 3 heteroatoms. The van der Waals surface area contributed by atoms with Crippen LogP contribution in [0, 0.1) is 0 Å². The van der Waals surface area contributed by atoms with Crippen LogP contribution in [0.2, 0.25) is 0 Å². The summed E-state index contributed by atoms with van der Waals surface area (Å²) in [7, 11) is 0. The zero-order valence-electron chi connectivity index (χ0n) is 16.1. The summed E-state index contributed by atoms with van der Waals surface area (Å²) in [5.74, 6) is 0.953.